The highest BCUT2D eigenvalue weighted by Gasteiger charge is 2.36. The van der Waals surface area contributed by atoms with Gasteiger partial charge in [0, 0.05) is 24.9 Å². The first-order valence-electron chi connectivity index (χ1n) is 7.64. The molecule has 0 aromatic carbocycles. The first kappa shape index (κ1) is 14.0. The Morgan fingerprint density at radius 1 is 1.28 bits per heavy atom. The Labute approximate surface area is 112 Å². The van der Waals surface area contributed by atoms with Crippen molar-refractivity contribution in [1.29, 1.82) is 0 Å². The highest BCUT2D eigenvalue weighted by molar-refractivity contribution is 5.82. The molecule has 2 fully saturated rings. The van der Waals surface area contributed by atoms with Crippen LogP contribution in [-0.4, -0.2) is 29.8 Å². The molecule has 2 nitrogen and oxygen atoms in total. The molecule has 2 rings (SSSR count). The molecule has 2 aliphatic rings. The van der Waals surface area contributed by atoms with E-state index in [2.05, 4.69) is 32.6 Å². The van der Waals surface area contributed by atoms with Gasteiger partial charge < -0.3 is 0 Å². The van der Waals surface area contributed by atoms with E-state index in [1.807, 2.05) is 0 Å². The van der Waals surface area contributed by atoms with Crippen molar-refractivity contribution in [2.75, 3.05) is 13.1 Å². The Kier molecular flexibility index (Phi) is 4.15. The number of carbonyl (C=O) groups is 1. The van der Waals surface area contributed by atoms with Crippen molar-refractivity contribution in [3.05, 3.63) is 0 Å². The van der Waals surface area contributed by atoms with E-state index in [0.29, 0.717) is 23.2 Å². The summed E-state index contributed by atoms with van der Waals surface area (Å²) < 4.78 is 0. The van der Waals surface area contributed by atoms with Gasteiger partial charge in [0.25, 0.3) is 0 Å². The van der Waals surface area contributed by atoms with Crippen LogP contribution < -0.4 is 0 Å². The number of hydrogen-bond acceptors (Lipinski definition) is 2. The molecule has 104 valence electrons. The lowest BCUT2D eigenvalue weighted by atomic mass is 9.68. The fourth-order valence-electron chi connectivity index (χ4n) is 3.62. The van der Waals surface area contributed by atoms with Gasteiger partial charge >= 0.3 is 0 Å². The normalized spacial score (nSPS) is 35.1. The minimum Gasteiger partial charge on any atom is -0.300 e. The lowest BCUT2D eigenvalue weighted by Crippen LogP contribution is -2.40. The summed E-state index contributed by atoms with van der Waals surface area (Å²) in [4.78, 5) is 14.7. The second-order valence-corrected chi connectivity index (χ2v) is 7.49. The van der Waals surface area contributed by atoms with Gasteiger partial charge in [-0.25, -0.2) is 0 Å². The molecule has 0 aromatic heterocycles. The number of nitrogens with zero attached hydrogens (tertiary/aromatic N) is 1. The van der Waals surface area contributed by atoms with E-state index in [1.165, 1.54) is 19.4 Å². The second-order valence-electron chi connectivity index (χ2n) is 7.49. The average molecular weight is 251 g/mol. The summed E-state index contributed by atoms with van der Waals surface area (Å²) in [5.74, 6) is 1.55. The summed E-state index contributed by atoms with van der Waals surface area (Å²) in [5.41, 5.74) is 0.357. The predicted molar refractivity (Wildman–Crippen MR) is 75.6 cm³/mol. The minimum absolute atomic E-state index is 0.309. The highest BCUT2D eigenvalue weighted by atomic mass is 16.1. The number of carbonyl (C=O) groups excluding carboxylic acids is 1. The van der Waals surface area contributed by atoms with E-state index < -0.39 is 0 Å². The van der Waals surface area contributed by atoms with Crippen LogP contribution in [0.25, 0.3) is 0 Å². The van der Waals surface area contributed by atoms with Gasteiger partial charge in [-0.05, 0) is 50.5 Å². The number of ketones is 1. The maximum Gasteiger partial charge on any atom is 0.137 e. The number of likely N-dealkylation sites (tertiary alicyclic amines) is 1. The molecule has 1 saturated carbocycles. The summed E-state index contributed by atoms with van der Waals surface area (Å²) >= 11 is 0. The van der Waals surface area contributed by atoms with Crippen LogP contribution in [0.1, 0.15) is 59.8 Å². The van der Waals surface area contributed by atoms with E-state index in [-0.39, 0.29) is 0 Å². The van der Waals surface area contributed by atoms with Crippen molar-refractivity contribution in [2.45, 2.75) is 65.8 Å². The summed E-state index contributed by atoms with van der Waals surface area (Å²) in [6.45, 7) is 11.5. The van der Waals surface area contributed by atoms with Crippen LogP contribution in [0, 0.1) is 17.3 Å². The predicted octanol–water partition coefficient (Wildman–Crippen LogP) is 3.50. The van der Waals surface area contributed by atoms with Crippen molar-refractivity contribution in [3.8, 4) is 0 Å². The fraction of sp³-hybridized carbons (Fsp3) is 0.938. The molecular weight excluding hydrogens is 222 g/mol. The molecule has 18 heavy (non-hydrogen) atoms. The third-order valence-corrected chi connectivity index (χ3v) is 5.13. The van der Waals surface area contributed by atoms with Crippen LogP contribution in [0.2, 0.25) is 0 Å². The van der Waals surface area contributed by atoms with E-state index in [9.17, 15) is 4.79 Å². The van der Waals surface area contributed by atoms with Crippen molar-refractivity contribution >= 4 is 5.78 Å². The summed E-state index contributed by atoms with van der Waals surface area (Å²) in [6.07, 6.45) is 5.66. The zero-order valence-corrected chi connectivity index (χ0v) is 12.5. The Morgan fingerprint density at radius 3 is 2.56 bits per heavy atom. The van der Waals surface area contributed by atoms with Crippen LogP contribution >= 0.6 is 0 Å². The second kappa shape index (κ2) is 5.32. The average Bonchev–Trinajstić information content (AvgIpc) is 2.66. The van der Waals surface area contributed by atoms with Gasteiger partial charge in [-0.1, -0.05) is 20.8 Å². The maximum absolute atomic E-state index is 12.1. The third kappa shape index (κ3) is 3.14. The molecule has 0 radical (unpaired) electrons. The number of hydrogen-bond donors (Lipinski definition) is 0. The smallest absolute Gasteiger partial charge is 0.137 e. The first-order chi connectivity index (χ1) is 8.38. The Bertz CT molecular complexity index is 303. The zero-order chi connectivity index (χ0) is 13.3. The van der Waals surface area contributed by atoms with Gasteiger partial charge in [0.1, 0.15) is 5.78 Å². The Hall–Kier alpha value is -0.370. The van der Waals surface area contributed by atoms with Crippen LogP contribution in [-0.2, 0) is 4.79 Å². The quantitative estimate of drug-likeness (QED) is 0.748. The largest absolute Gasteiger partial charge is 0.300 e. The van der Waals surface area contributed by atoms with E-state index >= 15 is 0 Å². The Morgan fingerprint density at radius 2 is 2.00 bits per heavy atom. The van der Waals surface area contributed by atoms with Gasteiger partial charge in [-0.2, -0.15) is 0 Å². The maximum atomic E-state index is 12.1. The van der Waals surface area contributed by atoms with Crippen LogP contribution in [0.5, 0.6) is 0 Å². The van der Waals surface area contributed by atoms with Gasteiger partial charge in [0.05, 0.1) is 0 Å². The van der Waals surface area contributed by atoms with Crippen molar-refractivity contribution in [1.82, 2.24) is 4.90 Å². The fourth-order valence-corrected chi connectivity index (χ4v) is 3.62. The molecule has 0 aromatic rings. The molecule has 1 heterocycles. The highest BCUT2D eigenvalue weighted by Crippen LogP contribution is 2.39. The molecule has 1 aliphatic carbocycles. The third-order valence-electron chi connectivity index (χ3n) is 5.13. The van der Waals surface area contributed by atoms with Crippen molar-refractivity contribution in [3.63, 3.8) is 0 Å². The SMILES string of the molecule is CC1CCCN1CC1CC(C(C)(C)C)CCC1=O. The summed E-state index contributed by atoms with van der Waals surface area (Å²) in [7, 11) is 0. The van der Waals surface area contributed by atoms with Crippen molar-refractivity contribution < 1.29 is 4.79 Å². The molecule has 0 N–H and O–H groups in total. The van der Waals surface area contributed by atoms with E-state index in [0.717, 1.165) is 31.7 Å². The van der Waals surface area contributed by atoms with Gasteiger partial charge in [0.15, 0.2) is 0 Å². The number of Topliss-reactive ketones (excluding diaryl/α,β-unsaturated/α-hetero) is 1. The molecular formula is C16H29NO. The molecule has 2 heteroatoms. The van der Waals surface area contributed by atoms with E-state index in [1.54, 1.807) is 0 Å². The standard InChI is InChI=1S/C16H29NO/c1-12-6-5-9-17(12)11-13-10-14(16(2,3)4)7-8-15(13)18/h12-14H,5-11H2,1-4H3. The molecule has 3 atom stereocenters. The van der Waals surface area contributed by atoms with Gasteiger partial charge in [-0.15, -0.1) is 0 Å². The lowest BCUT2D eigenvalue weighted by molar-refractivity contribution is -0.127. The van der Waals surface area contributed by atoms with Crippen LogP contribution in [0.3, 0.4) is 0 Å². The molecule has 1 aliphatic heterocycles. The topological polar surface area (TPSA) is 20.3 Å². The van der Waals surface area contributed by atoms with Crippen molar-refractivity contribution in [2.24, 2.45) is 17.3 Å². The lowest BCUT2D eigenvalue weighted by Gasteiger charge is -2.38. The van der Waals surface area contributed by atoms with Gasteiger partial charge in [-0.3, -0.25) is 9.69 Å². The van der Waals surface area contributed by atoms with E-state index in [4.69, 9.17) is 0 Å². The molecule has 0 spiro atoms. The Balaban J connectivity index is 1.95. The monoisotopic (exact) mass is 251 g/mol. The molecule has 3 unspecified atom stereocenters. The first-order valence-corrected chi connectivity index (χ1v) is 7.64. The van der Waals surface area contributed by atoms with Crippen LogP contribution in [0.4, 0.5) is 0 Å². The van der Waals surface area contributed by atoms with Crippen LogP contribution in [0.15, 0.2) is 0 Å². The molecule has 0 bridgehead atoms. The molecule has 0 amide bonds. The summed E-state index contributed by atoms with van der Waals surface area (Å²) in [5, 5.41) is 0. The minimum atomic E-state index is 0.309. The number of rotatable bonds is 2. The zero-order valence-electron chi connectivity index (χ0n) is 12.5. The summed E-state index contributed by atoms with van der Waals surface area (Å²) in [6, 6.07) is 0.688. The van der Waals surface area contributed by atoms with Gasteiger partial charge in [0.2, 0.25) is 0 Å². The molecule has 1 saturated heterocycles.